The standard InChI is InChI=1S/C27H34O8/c1-29-21-9-6-16(11-22(21)30-2)10-19-14-34-25(20(19)15-35-27(28)17-7-8-17)18-12-23(31-3)26(33-5)24(13-18)32-4/h6,9,11-13,17,19-20,25H,7-8,10,14-15H2,1-5H3/t19-,20-,25+/m0/s1. The minimum Gasteiger partial charge on any atom is -0.493 e. The molecule has 1 aliphatic heterocycles. The predicted molar refractivity (Wildman–Crippen MR) is 129 cm³/mol. The van der Waals surface area contributed by atoms with Gasteiger partial charge in [0.05, 0.1) is 60.8 Å². The molecular formula is C27H34O8. The van der Waals surface area contributed by atoms with Gasteiger partial charge in [0.25, 0.3) is 0 Å². The van der Waals surface area contributed by atoms with Gasteiger partial charge in [-0.2, -0.15) is 0 Å². The Morgan fingerprint density at radius 3 is 2.09 bits per heavy atom. The fraction of sp³-hybridized carbons (Fsp3) is 0.519. The molecule has 2 fully saturated rings. The van der Waals surface area contributed by atoms with Crippen molar-refractivity contribution in [1.29, 1.82) is 0 Å². The first-order valence-electron chi connectivity index (χ1n) is 11.8. The van der Waals surface area contributed by atoms with Crippen LogP contribution in [0.5, 0.6) is 28.7 Å². The fourth-order valence-electron chi connectivity index (χ4n) is 4.69. The van der Waals surface area contributed by atoms with Crippen LogP contribution in [0.1, 0.15) is 30.1 Å². The van der Waals surface area contributed by atoms with Crippen molar-refractivity contribution < 1.29 is 38.0 Å². The normalized spacial score (nSPS) is 21.3. The van der Waals surface area contributed by atoms with E-state index in [0.29, 0.717) is 35.4 Å². The first-order valence-corrected chi connectivity index (χ1v) is 11.8. The maximum atomic E-state index is 12.4. The van der Waals surface area contributed by atoms with Crippen LogP contribution in [-0.4, -0.2) is 54.7 Å². The summed E-state index contributed by atoms with van der Waals surface area (Å²) >= 11 is 0. The summed E-state index contributed by atoms with van der Waals surface area (Å²) in [6.07, 6.45) is 2.27. The molecule has 0 radical (unpaired) electrons. The number of rotatable bonds is 11. The number of carbonyl (C=O) groups excluding carboxylic acids is 1. The summed E-state index contributed by atoms with van der Waals surface area (Å²) in [5, 5.41) is 0. The van der Waals surface area contributed by atoms with Crippen molar-refractivity contribution in [3.05, 3.63) is 41.5 Å². The van der Waals surface area contributed by atoms with E-state index in [0.717, 1.165) is 30.4 Å². The van der Waals surface area contributed by atoms with Crippen molar-refractivity contribution in [2.45, 2.75) is 25.4 Å². The van der Waals surface area contributed by atoms with Crippen LogP contribution in [0.25, 0.3) is 0 Å². The van der Waals surface area contributed by atoms with Gasteiger partial charge in [-0.25, -0.2) is 0 Å². The number of esters is 1. The van der Waals surface area contributed by atoms with Crippen molar-refractivity contribution in [3.8, 4) is 28.7 Å². The molecule has 2 aliphatic rings. The number of hydrogen-bond acceptors (Lipinski definition) is 8. The molecule has 8 nitrogen and oxygen atoms in total. The van der Waals surface area contributed by atoms with Crippen LogP contribution < -0.4 is 23.7 Å². The second-order valence-corrected chi connectivity index (χ2v) is 8.93. The predicted octanol–water partition coefficient (Wildman–Crippen LogP) is 4.23. The van der Waals surface area contributed by atoms with Crippen LogP contribution in [0.3, 0.4) is 0 Å². The Balaban J connectivity index is 1.61. The van der Waals surface area contributed by atoms with E-state index >= 15 is 0 Å². The van der Waals surface area contributed by atoms with E-state index in [1.54, 1.807) is 35.5 Å². The van der Waals surface area contributed by atoms with E-state index in [1.807, 2.05) is 30.3 Å². The smallest absolute Gasteiger partial charge is 0.308 e. The van der Waals surface area contributed by atoms with Gasteiger partial charge in [-0.15, -0.1) is 0 Å². The Bertz CT molecular complexity index is 1010. The van der Waals surface area contributed by atoms with Gasteiger partial charge in [0.15, 0.2) is 23.0 Å². The zero-order valence-electron chi connectivity index (χ0n) is 21.0. The van der Waals surface area contributed by atoms with E-state index < -0.39 is 0 Å². The lowest BCUT2D eigenvalue weighted by molar-refractivity contribution is -0.147. The molecule has 0 bridgehead atoms. The van der Waals surface area contributed by atoms with Crippen LogP contribution in [0.2, 0.25) is 0 Å². The molecule has 1 saturated heterocycles. The van der Waals surface area contributed by atoms with Crippen molar-refractivity contribution in [2.24, 2.45) is 17.8 Å². The number of ether oxygens (including phenoxy) is 7. The number of methoxy groups -OCH3 is 5. The topological polar surface area (TPSA) is 81.7 Å². The van der Waals surface area contributed by atoms with Gasteiger partial charge in [0.1, 0.15) is 0 Å². The van der Waals surface area contributed by atoms with Gasteiger partial charge in [-0.3, -0.25) is 4.79 Å². The van der Waals surface area contributed by atoms with Gasteiger partial charge in [0, 0.05) is 5.92 Å². The van der Waals surface area contributed by atoms with Crippen molar-refractivity contribution in [1.82, 2.24) is 0 Å². The van der Waals surface area contributed by atoms with E-state index in [-0.39, 0.29) is 36.4 Å². The lowest BCUT2D eigenvalue weighted by Gasteiger charge is -2.24. The molecular weight excluding hydrogens is 452 g/mol. The second-order valence-electron chi connectivity index (χ2n) is 8.93. The highest BCUT2D eigenvalue weighted by atomic mass is 16.5. The Kier molecular flexibility index (Phi) is 7.90. The van der Waals surface area contributed by atoms with Crippen LogP contribution >= 0.6 is 0 Å². The molecule has 35 heavy (non-hydrogen) atoms. The highest BCUT2D eigenvalue weighted by Gasteiger charge is 2.41. The molecule has 4 rings (SSSR count). The third kappa shape index (κ3) is 5.42. The zero-order chi connectivity index (χ0) is 24.9. The molecule has 3 atom stereocenters. The van der Waals surface area contributed by atoms with Crippen molar-refractivity contribution in [2.75, 3.05) is 48.8 Å². The number of hydrogen-bond donors (Lipinski definition) is 0. The summed E-state index contributed by atoms with van der Waals surface area (Å²) < 4.78 is 39.5. The molecule has 0 spiro atoms. The second kappa shape index (κ2) is 11.1. The van der Waals surface area contributed by atoms with Crippen molar-refractivity contribution in [3.63, 3.8) is 0 Å². The van der Waals surface area contributed by atoms with E-state index in [9.17, 15) is 4.79 Å². The Morgan fingerprint density at radius 1 is 0.857 bits per heavy atom. The quantitative estimate of drug-likeness (QED) is 0.437. The molecule has 0 amide bonds. The summed E-state index contributed by atoms with van der Waals surface area (Å²) in [5.74, 6) is 3.01. The molecule has 1 aliphatic carbocycles. The van der Waals surface area contributed by atoms with E-state index in [1.165, 1.54) is 0 Å². The van der Waals surface area contributed by atoms with Crippen molar-refractivity contribution >= 4 is 5.97 Å². The first kappa shape index (κ1) is 25.0. The van der Waals surface area contributed by atoms with Crippen LogP contribution in [0.15, 0.2) is 30.3 Å². The summed E-state index contributed by atoms with van der Waals surface area (Å²) in [6, 6.07) is 9.73. The average molecular weight is 487 g/mol. The summed E-state index contributed by atoms with van der Waals surface area (Å²) in [7, 11) is 8.00. The zero-order valence-corrected chi connectivity index (χ0v) is 21.0. The van der Waals surface area contributed by atoms with Crippen LogP contribution in [0.4, 0.5) is 0 Å². The fourth-order valence-corrected chi connectivity index (χ4v) is 4.69. The van der Waals surface area contributed by atoms with E-state index in [2.05, 4.69) is 0 Å². The Hall–Kier alpha value is -3.13. The molecule has 1 saturated carbocycles. The molecule has 0 unspecified atom stereocenters. The largest absolute Gasteiger partial charge is 0.493 e. The molecule has 2 aromatic carbocycles. The summed E-state index contributed by atoms with van der Waals surface area (Å²) in [4.78, 5) is 12.4. The third-order valence-corrected chi connectivity index (χ3v) is 6.77. The van der Waals surface area contributed by atoms with Crippen LogP contribution in [-0.2, 0) is 20.7 Å². The maximum absolute atomic E-state index is 12.4. The lowest BCUT2D eigenvalue weighted by atomic mass is 9.84. The van der Waals surface area contributed by atoms with Gasteiger partial charge < -0.3 is 33.2 Å². The van der Waals surface area contributed by atoms with E-state index in [4.69, 9.17) is 33.2 Å². The monoisotopic (exact) mass is 486 g/mol. The molecule has 2 aromatic rings. The average Bonchev–Trinajstić information content (AvgIpc) is 3.67. The molecule has 8 heteroatoms. The van der Waals surface area contributed by atoms with Crippen LogP contribution in [0, 0.1) is 17.8 Å². The number of benzene rings is 2. The SMILES string of the molecule is COc1ccc(C[C@H]2CO[C@H](c3cc(OC)c(OC)c(OC)c3)[C@H]2COC(=O)C2CC2)cc1OC. The van der Waals surface area contributed by atoms with Gasteiger partial charge >= 0.3 is 5.97 Å². The lowest BCUT2D eigenvalue weighted by Crippen LogP contribution is -2.25. The summed E-state index contributed by atoms with van der Waals surface area (Å²) in [5.41, 5.74) is 1.99. The maximum Gasteiger partial charge on any atom is 0.308 e. The van der Waals surface area contributed by atoms with Gasteiger partial charge in [-0.1, -0.05) is 6.07 Å². The first-order chi connectivity index (χ1) is 17.0. The molecule has 1 heterocycles. The Labute approximate surface area is 206 Å². The highest BCUT2D eigenvalue weighted by Crippen LogP contribution is 2.46. The molecule has 190 valence electrons. The summed E-state index contributed by atoms with van der Waals surface area (Å²) in [6.45, 7) is 0.815. The number of carbonyl (C=O) groups is 1. The minimum atomic E-state index is -0.291. The highest BCUT2D eigenvalue weighted by molar-refractivity contribution is 5.74. The third-order valence-electron chi connectivity index (χ3n) is 6.77. The molecule has 0 aromatic heterocycles. The minimum absolute atomic E-state index is 0.0428. The Morgan fingerprint density at radius 2 is 1.51 bits per heavy atom. The van der Waals surface area contributed by atoms with Gasteiger partial charge in [-0.05, 0) is 60.6 Å². The molecule has 0 N–H and O–H groups in total. The van der Waals surface area contributed by atoms with Gasteiger partial charge in [0.2, 0.25) is 5.75 Å².